The molecule has 1 heterocycles. The molecule has 2 aromatic rings. The molecular formula is C14H16N2O. The molecule has 0 N–H and O–H groups in total. The molecule has 1 aromatic carbocycles. The minimum atomic E-state index is 0.557. The summed E-state index contributed by atoms with van der Waals surface area (Å²) >= 11 is 0. The van der Waals surface area contributed by atoms with Crippen molar-refractivity contribution in [3.8, 4) is 0 Å². The van der Waals surface area contributed by atoms with E-state index < -0.39 is 0 Å². The molecule has 0 aliphatic rings. The van der Waals surface area contributed by atoms with Crippen molar-refractivity contribution in [2.45, 2.75) is 19.8 Å². The van der Waals surface area contributed by atoms with Crippen LogP contribution < -0.4 is 0 Å². The lowest BCUT2D eigenvalue weighted by molar-refractivity contribution is 0.111. The average molecular weight is 228 g/mol. The Morgan fingerprint density at radius 1 is 1.29 bits per heavy atom. The molecule has 3 heteroatoms. The van der Waals surface area contributed by atoms with Crippen molar-refractivity contribution >= 4 is 6.29 Å². The lowest BCUT2D eigenvalue weighted by Crippen LogP contribution is -2.02. The normalized spacial score (nSPS) is 10.5. The van der Waals surface area contributed by atoms with Gasteiger partial charge in [0.15, 0.2) is 6.29 Å². The standard InChI is InChI=1S/C14H16N2O/c1-11-5-3-4-6-12(11)7-8-14-13(9-17)15-10-16(14)2/h3-6,9-10H,7-8H2,1-2H3. The van der Waals surface area contributed by atoms with Gasteiger partial charge in [0.2, 0.25) is 0 Å². The van der Waals surface area contributed by atoms with Crippen LogP contribution in [0, 0.1) is 6.92 Å². The van der Waals surface area contributed by atoms with Crippen LogP contribution in [0.4, 0.5) is 0 Å². The third-order valence-electron chi connectivity index (χ3n) is 3.10. The van der Waals surface area contributed by atoms with Crippen LogP contribution in [0.3, 0.4) is 0 Å². The molecule has 0 unspecified atom stereocenters. The highest BCUT2D eigenvalue weighted by atomic mass is 16.1. The molecule has 17 heavy (non-hydrogen) atoms. The van der Waals surface area contributed by atoms with Crippen LogP contribution >= 0.6 is 0 Å². The highest BCUT2D eigenvalue weighted by Crippen LogP contribution is 2.12. The molecule has 0 saturated carbocycles. The number of hydrogen-bond acceptors (Lipinski definition) is 2. The van der Waals surface area contributed by atoms with E-state index in [0.29, 0.717) is 5.69 Å². The third-order valence-corrected chi connectivity index (χ3v) is 3.10. The van der Waals surface area contributed by atoms with Crippen molar-refractivity contribution in [1.29, 1.82) is 0 Å². The number of rotatable bonds is 4. The Bertz CT molecular complexity index is 529. The van der Waals surface area contributed by atoms with Crippen molar-refractivity contribution in [3.63, 3.8) is 0 Å². The van der Waals surface area contributed by atoms with E-state index in [1.54, 1.807) is 6.33 Å². The molecule has 2 rings (SSSR count). The van der Waals surface area contributed by atoms with Gasteiger partial charge in [-0.1, -0.05) is 24.3 Å². The molecule has 0 aliphatic heterocycles. The van der Waals surface area contributed by atoms with Gasteiger partial charge < -0.3 is 4.57 Å². The van der Waals surface area contributed by atoms with E-state index in [2.05, 4.69) is 24.0 Å². The number of carbonyl (C=O) groups excluding carboxylic acids is 1. The topological polar surface area (TPSA) is 34.9 Å². The smallest absolute Gasteiger partial charge is 0.170 e. The van der Waals surface area contributed by atoms with Crippen LogP contribution in [0.1, 0.15) is 27.3 Å². The molecule has 0 saturated heterocycles. The highest BCUT2D eigenvalue weighted by Gasteiger charge is 2.08. The molecule has 0 radical (unpaired) electrons. The van der Waals surface area contributed by atoms with Crippen LogP contribution in [0.25, 0.3) is 0 Å². The van der Waals surface area contributed by atoms with E-state index in [9.17, 15) is 4.79 Å². The van der Waals surface area contributed by atoms with Gasteiger partial charge in [0.1, 0.15) is 5.69 Å². The van der Waals surface area contributed by atoms with E-state index in [1.807, 2.05) is 23.7 Å². The number of imidazole rings is 1. The first-order valence-electron chi connectivity index (χ1n) is 5.72. The minimum Gasteiger partial charge on any atom is -0.337 e. The van der Waals surface area contributed by atoms with Crippen molar-refractivity contribution in [2.75, 3.05) is 0 Å². The summed E-state index contributed by atoms with van der Waals surface area (Å²) in [6.07, 6.45) is 4.30. The molecule has 0 spiro atoms. The Morgan fingerprint density at radius 2 is 2.06 bits per heavy atom. The summed E-state index contributed by atoms with van der Waals surface area (Å²) in [6.45, 7) is 2.11. The predicted octanol–water partition coefficient (Wildman–Crippen LogP) is 2.33. The third kappa shape index (κ3) is 2.44. The molecule has 0 atom stereocenters. The van der Waals surface area contributed by atoms with Gasteiger partial charge in [-0.05, 0) is 30.9 Å². The zero-order chi connectivity index (χ0) is 12.3. The van der Waals surface area contributed by atoms with Gasteiger partial charge in [0.05, 0.1) is 6.33 Å². The molecule has 0 fully saturated rings. The predicted molar refractivity (Wildman–Crippen MR) is 67.2 cm³/mol. The number of benzene rings is 1. The lowest BCUT2D eigenvalue weighted by Gasteiger charge is -2.06. The summed E-state index contributed by atoms with van der Waals surface area (Å²) in [5.41, 5.74) is 4.18. The summed E-state index contributed by atoms with van der Waals surface area (Å²) in [4.78, 5) is 14.9. The van der Waals surface area contributed by atoms with Crippen LogP contribution in [0.2, 0.25) is 0 Å². The Morgan fingerprint density at radius 3 is 2.76 bits per heavy atom. The van der Waals surface area contributed by atoms with Gasteiger partial charge in [-0.3, -0.25) is 4.79 Å². The Kier molecular flexibility index (Phi) is 3.38. The molecule has 1 aromatic heterocycles. The largest absolute Gasteiger partial charge is 0.337 e. The highest BCUT2D eigenvalue weighted by molar-refractivity contribution is 5.73. The first-order valence-corrected chi connectivity index (χ1v) is 5.72. The van der Waals surface area contributed by atoms with Gasteiger partial charge in [0, 0.05) is 12.7 Å². The van der Waals surface area contributed by atoms with Crippen LogP contribution in [0.5, 0.6) is 0 Å². The molecule has 0 bridgehead atoms. The second-order valence-electron chi connectivity index (χ2n) is 4.23. The maximum atomic E-state index is 10.8. The van der Waals surface area contributed by atoms with E-state index in [4.69, 9.17) is 0 Å². The van der Waals surface area contributed by atoms with Gasteiger partial charge >= 0.3 is 0 Å². The number of nitrogens with zero attached hydrogens (tertiary/aromatic N) is 2. The zero-order valence-electron chi connectivity index (χ0n) is 10.2. The van der Waals surface area contributed by atoms with Crippen LogP contribution in [0.15, 0.2) is 30.6 Å². The summed E-state index contributed by atoms with van der Waals surface area (Å²) in [6, 6.07) is 8.33. The van der Waals surface area contributed by atoms with Crippen molar-refractivity contribution in [3.05, 3.63) is 53.1 Å². The van der Waals surface area contributed by atoms with Gasteiger partial charge in [0.25, 0.3) is 0 Å². The SMILES string of the molecule is Cc1ccccc1CCc1c(C=O)ncn1C. The summed E-state index contributed by atoms with van der Waals surface area (Å²) in [7, 11) is 1.92. The average Bonchev–Trinajstić information content (AvgIpc) is 2.69. The number of aldehydes is 1. The Hall–Kier alpha value is -1.90. The summed E-state index contributed by atoms with van der Waals surface area (Å²) in [5, 5.41) is 0. The Labute approximate surface area is 101 Å². The zero-order valence-corrected chi connectivity index (χ0v) is 10.2. The minimum absolute atomic E-state index is 0.557. The monoisotopic (exact) mass is 228 g/mol. The fourth-order valence-corrected chi connectivity index (χ4v) is 2.02. The number of aromatic nitrogens is 2. The number of carbonyl (C=O) groups is 1. The van der Waals surface area contributed by atoms with Crippen LogP contribution in [-0.2, 0) is 19.9 Å². The Balaban J connectivity index is 2.15. The number of hydrogen-bond donors (Lipinski definition) is 0. The van der Waals surface area contributed by atoms with E-state index >= 15 is 0 Å². The van der Waals surface area contributed by atoms with Crippen molar-refractivity contribution in [1.82, 2.24) is 9.55 Å². The maximum Gasteiger partial charge on any atom is 0.170 e. The first kappa shape index (κ1) is 11.6. The maximum absolute atomic E-state index is 10.8. The van der Waals surface area contributed by atoms with E-state index in [0.717, 1.165) is 24.8 Å². The lowest BCUT2D eigenvalue weighted by atomic mass is 10.0. The van der Waals surface area contributed by atoms with Gasteiger partial charge in [-0.15, -0.1) is 0 Å². The second-order valence-corrected chi connectivity index (χ2v) is 4.23. The first-order chi connectivity index (χ1) is 8.22. The molecule has 88 valence electrons. The second kappa shape index (κ2) is 4.95. The van der Waals surface area contributed by atoms with Crippen LogP contribution in [-0.4, -0.2) is 15.8 Å². The number of aryl methyl sites for hydroxylation is 3. The molecule has 0 amide bonds. The molecule has 0 aliphatic carbocycles. The van der Waals surface area contributed by atoms with Crippen molar-refractivity contribution in [2.24, 2.45) is 7.05 Å². The van der Waals surface area contributed by atoms with Gasteiger partial charge in [-0.25, -0.2) is 4.98 Å². The van der Waals surface area contributed by atoms with E-state index in [1.165, 1.54) is 11.1 Å². The summed E-state index contributed by atoms with van der Waals surface area (Å²) in [5.74, 6) is 0. The quantitative estimate of drug-likeness (QED) is 0.753. The summed E-state index contributed by atoms with van der Waals surface area (Å²) < 4.78 is 1.92. The van der Waals surface area contributed by atoms with E-state index in [-0.39, 0.29) is 0 Å². The fourth-order valence-electron chi connectivity index (χ4n) is 2.02. The molecule has 3 nitrogen and oxygen atoms in total. The van der Waals surface area contributed by atoms with Gasteiger partial charge in [-0.2, -0.15) is 0 Å². The van der Waals surface area contributed by atoms with Crippen molar-refractivity contribution < 1.29 is 4.79 Å². The molecular weight excluding hydrogens is 212 g/mol. The fraction of sp³-hybridized carbons (Fsp3) is 0.286.